The number of ether oxygens (including phenoxy) is 1. The Kier molecular flexibility index (Phi) is 5.91. The molecule has 0 aliphatic heterocycles. The predicted octanol–water partition coefficient (Wildman–Crippen LogP) is 2.90. The number of aryl methyl sites for hydroxylation is 1. The molecule has 3 aromatic rings. The van der Waals surface area contributed by atoms with Gasteiger partial charge in [0.15, 0.2) is 5.69 Å². The van der Waals surface area contributed by atoms with E-state index in [-0.39, 0.29) is 17.3 Å². The number of rotatable bonds is 5. The van der Waals surface area contributed by atoms with E-state index in [1.165, 1.54) is 49.0 Å². The van der Waals surface area contributed by atoms with Crippen molar-refractivity contribution in [2.24, 2.45) is 0 Å². The third kappa shape index (κ3) is 4.35. The Labute approximate surface area is 171 Å². The van der Waals surface area contributed by atoms with E-state index in [1.54, 1.807) is 25.1 Å². The van der Waals surface area contributed by atoms with E-state index >= 15 is 0 Å². The first-order valence-electron chi connectivity index (χ1n) is 8.93. The highest BCUT2D eigenvalue weighted by molar-refractivity contribution is 6.06. The van der Waals surface area contributed by atoms with Crippen molar-refractivity contribution in [1.82, 2.24) is 9.78 Å². The van der Waals surface area contributed by atoms with Crippen LogP contribution in [0.4, 0.5) is 15.8 Å². The zero-order valence-corrected chi connectivity index (χ0v) is 16.5. The number of benzene rings is 2. The highest BCUT2D eigenvalue weighted by Crippen LogP contribution is 2.27. The third-order valence-corrected chi connectivity index (χ3v) is 4.19. The molecule has 9 heteroatoms. The van der Waals surface area contributed by atoms with Gasteiger partial charge in [-0.1, -0.05) is 12.1 Å². The third-order valence-electron chi connectivity index (χ3n) is 4.19. The lowest BCUT2D eigenvalue weighted by Gasteiger charge is -2.14. The summed E-state index contributed by atoms with van der Waals surface area (Å²) in [6.07, 6.45) is 0. The Morgan fingerprint density at radius 1 is 1.07 bits per heavy atom. The molecule has 3 rings (SSSR count). The predicted molar refractivity (Wildman–Crippen MR) is 110 cm³/mol. The monoisotopic (exact) mass is 410 g/mol. The average Bonchev–Trinajstić information content (AvgIpc) is 2.69. The van der Waals surface area contributed by atoms with Gasteiger partial charge in [-0.3, -0.25) is 14.4 Å². The van der Waals surface area contributed by atoms with Gasteiger partial charge in [0.2, 0.25) is 11.3 Å². The Morgan fingerprint density at radius 3 is 2.47 bits per heavy atom. The minimum absolute atomic E-state index is 0.101. The molecule has 0 radical (unpaired) electrons. The molecule has 0 aliphatic carbocycles. The lowest BCUT2D eigenvalue weighted by Crippen LogP contribution is -2.27. The molecule has 2 N–H and O–H groups in total. The highest BCUT2D eigenvalue weighted by Gasteiger charge is 2.18. The maximum absolute atomic E-state index is 14.2. The van der Waals surface area contributed by atoms with Gasteiger partial charge in [0.1, 0.15) is 17.3 Å². The van der Waals surface area contributed by atoms with Gasteiger partial charge < -0.3 is 15.4 Å². The number of nitrogens with one attached hydrogen (secondary N) is 2. The normalized spacial score (nSPS) is 10.4. The van der Waals surface area contributed by atoms with E-state index in [0.29, 0.717) is 17.1 Å². The van der Waals surface area contributed by atoms with Gasteiger partial charge in [-0.25, -0.2) is 9.07 Å². The largest absolute Gasteiger partial charge is 0.497 e. The summed E-state index contributed by atoms with van der Waals surface area (Å²) in [5.41, 5.74) is -0.0553. The van der Waals surface area contributed by atoms with Crippen LogP contribution in [0.5, 0.6) is 5.75 Å². The highest BCUT2D eigenvalue weighted by atomic mass is 19.1. The minimum atomic E-state index is -0.815. The van der Waals surface area contributed by atoms with Gasteiger partial charge in [0.25, 0.3) is 5.91 Å². The second-order valence-electron chi connectivity index (χ2n) is 6.41. The van der Waals surface area contributed by atoms with Crippen LogP contribution in [0, 0.1) is 12.7 Å². The number of hydrogen-bond donors (Lipinski definition) is 2. The summed E-state index contributed by atoms with van der Waals surface area (Å²) in [6.45, 7) is 2.91. The fourth-order valence-electron chi connectivity index (χ4n) is 2.81. The molecule has 0 saturated carbocycles. The molecular formula is C21H19FN4O4. The number of carbonyl (C=O) groups excluding carboxylic acids is 2. The maximum atomic E-state index is 14.2. The summed E-state index contributed by atoms with van der Waals surface area (Å²) in [6, 6.07) is 11.7. The number of hydrogen-bond acceptors (Lipinski definition) is 5. The zero-order valence-electron chi connectivity index (χ0n) is 16.5. The van der Waals surface area contributed by atoms with Gasteiger partial charge in [-0.05, 0) is 31.2 Å². The number of para-hydroxylation sites is 1. The summed E-state index contributed by atoms with van der Waals surface area (Å²) < 4.78 is 20.5. The van der Waals surface area contributed by atoms with Crippen molar-refractivity contribution in [2.75, 3.05) is 17.7 Å². The average molecular weight is 410 g/mol. The van der Waals surface area contributed by atoms with Crippen molar-refractivity contribution in [2.45, 2.75) is 13.8 Å². The van der Waals surface area contributed by atoms with Crippen LogP contribution in [0.15, 0.2) is 53.3 Å². The molecule has 154 valence electrons. The smallest absolute Gasteiger partial charge is 0.280 e. The number of aromatic nitrogens is 2. The van der Waals surface area contributed by atoms with Crippen LogP contribution in [0.25, 0.3) is 5.69 Å². The van der Waals surface area contributed by atoms with Crippen molar-refractivity contribution in [3.8, 4) is 11.4 Å². The van der Waals surface area contributed by atoms with Crippen molar-refractivity contribution < 1.29 is 18.7 Å². The zero-order chi connectivity index (χ0) is 21.8. The molecule has 0 spiro atoms. The number of methoxy groups -OCH3 is 1. The first-order valence-corrected chi connectivity index (χ1v) is 8.93. The number of carbonyl (C=O) groups is 2. The molecule has 30 heavy (non-hydrogen) atoms. The molecule has 0 atom stereocenters. The van der Waals surface area contributed by atoms with Crippen molar-refractivity contribution >= 4 is 23.2 Å². The van der Waals surface area contributed by atoms with Gasteiger partial charge in [0.05, 0.1) is 18.5 Å². The molecular weight excluding hydrogens is 391 g/mol. The first kappa shape index (κ1) is 20.7. The molecule has 1 aromatic heterocycles. The van der Waals surface area contributed by atoms with Crippen LogP contribution in [0.2, 0.25) is 0 Å². The Morgan fingerprint density at radius 2 is 1.80 bits per heavy atom. The fraction of sp³-hybridized carbons (Fsp3) is 0.143. The molecule has 1 heterocycles. The molecule has 8 nitrogen and oxygen atoms in total. The summed E-state index contributed by atoms with van der Waals surface area (Å²) in [4.78, 5) is 36.7. The molecule has 2 amide bonds. The van der Waals surface area contributed by atoms with Gasteiger partial charge in [-0.15, -0.1) is 0 Å². The summed E-state index contributed by atoms with van der Waals surface area (Å²) in [5.74, 6) is -1.28. The summed E-state index contributed by atoms with van der Waals surface area (Å²) >= 11 is 0. The molecule has 0 aliphatic rings. The van der Waals surface area contributed by atoms with Gasteiger partial charge in [-0.2, -0.15) is 5.10 Å². The standard InChI is InChI=1S/C21H19FN4O4/c1-12-10-19(28)20(25-26(12)18-7-5-4-6-15(18)22)21(29)24-17-11-14(30-3)8-9-16(17)23-13(2)27/h4-11H,1-3H3,(H,23,27)(H,24,29). The van der Waals surface area contributed by atoms with Gasteiger partial charge in [0, 0.05) is 24.8 Å². The summed E-state index contributed by atoms with van der Waals surface area (Å²) in [5, 5.41) is 9.21. The van der Waals surface area contributed by atoms with Crippen LogP contribution in [-0.2, 0) is 4.79 Å². The van der Waals surface area contributed by atoms with Crippen LogP contribution in [0.3, 0.4) is 0 Å². The van der Waals surface area contributed by atoms with Crippen molar-refractivity contribution in [3.05, 3.63) is 76.0 Å². The van der Waals surface area contributed by atoms with E-state index in [9.17, 15) is 18.8 Å². The molecule has 0 fully saturated rings. The Balaban J connectivity index is 2.02. The van der Waals surface area contributed by atoms with Crippen LogP contribution >= 0.6 is 0 Å². The lowest BCUT2D eigenvalue weighted by atomic mass is 10.2. The number of amides is 2. The number of nitrogens with zero attached hydrogens (tertiary/aromatic N) is 2. The first-order chi connectivity index (χ1) is 14.3. The maximum Gasteiger partial charge on any atom is 0.280 e. The van der Waals surface area contributed by atoms with Crippen LogP contribution in [0.1, 0.15) is 23.1 Å². The number of halogens is 1. The SMILES string of the molecule is COc1ccc(NC(C)=O)c(NC(=O)c2nn(-c3ccccc3F)c(C)cc2=O)c1. The van der Waals surface area contributed by atoms with Crippen molar-refractivity contribution in [1.29, 1.82) is 0 Å². The second kappa shape index (κ2) is 8.56. The fourth-order valence-corrected chi connectivity index (χ4v) is 2.81. The topological polar surface area (TPSA) is 102 Å². The quantitative estimate of drug-likeness (QED) is 0.673. The van der Waals surface area contributed by atoms with E-state index in [2.05, 4.69) is 15.7 Å². The van der Waals surface area contributed by atoms with Crippen molar-refractivity contribution in [3.63, 3.8) is 0 Å². The Hall–Kier alpha value is -4.01. The minimum Gasteiger partial charge on any atom is -0.497 e. The number of anilines is 2. The van der Waals surface area contributed by atoms with E-state index in [4.69, 9.17) is 4.74 Å². The second-order valence-corrected chi connectivity index (χ2v) is 6.41. The molecule has 0 unspecified atom stereocenters. The summed E-state index contributed by atoms with van der Waals surface area (Å²) in [7, 11) is 1.45. The molecule has 0 saturated heterocycles. The van der Waals surface area contributed by atoms with E-state index in [1.807, 2.05) is 0 Å². The van der Waals surface area contributed by atoms with E-state index in [0.717, 1.165) is 0 Å². The molecule has 0 bridgehead atoms. The lowest BCUT2D eigenvalue weighted by molar-refractivity contribution is -0.114. The Bertz CT molecular complexity index is 1190. The van der Waals surface area contributed by atoms with Crippen LogP contribution < -0.4 is 20.8 Å². The van der Waals surface area contributed by atoms with Gasteiger partial charge >= 0.3 is 0 Å². The van der Waals surface area contributed by atoms with E-state index < -0.39 is 22.8 Å². The van der Waals surface area contributed by atoms with Crippen LogP contribution in [-0.4, -0.2) is 28.7 Å². The molecule has 2 aromatic carbocycles.